The summed E-state index contributed by atoms with van der Waals surface area (Å²) in [6, 6.07) is 8.00. The van der Waals surface area contributed by atoms with Crippen LogP contribution in [0.4, 0.5) is 0 Å². The van der Waals surface area contributed by atoms with E-state index in [2.05, 4.69) is 47.4 Å². The van der Waals surface area contributed by atoms with Crippen LogP contribution in [0, 0.1) is 14.9 Å². The fraction of sp³-hybridized carbons (Fsp3) is 0.438. The van der Waals surface area contributed by atoms with Crippen LogP contribution in [0.5, 0.6) is 0 Å². The van der Waals surface area contributed by atoms with Crippen molar-refractivity contribution in [3.8, 4) is 6.07 Å². The fourth-order valence-corrected chi connectivity index (χ4v) is 2.88. The van der Waals surface area contributed by atoms with E-state index < -0.39 is 5.41 Å². The lowest BCUT2D eigenvalue weighted by Gasteiger charge is -2.27. The van der Waals surface area contributed by atoms with Crippen molar-refractivity contribution in [2.45, 2.75) is 31.1 Å². The molecule has 0 radical (unpaired) electrons. The van der Waals surface area contributed by atoms with Gasteiger partial charge in [0.15, 0.2) is 0 Å². The Hall–Kier alpha value is -1.19. The number of carbonyl (C=O) groups is 2. The number of carbonyl (C=O) groups excluding carboxylic acids is 2. The Morgan fingerprint density at radius 1 is 1.22 bits per heavy atom. The zero-order chi connectivity index (χ0) is 17.5. The number of nitriles is 1. The first kappa shape index (κ1) is 19.9. The standard InChI is InChI=1S/C16H19INO4P/c1-21-14(19)5-7-16(10-18,8-6-15(20)22-2)11-3-4-12(17)13(23)9-11/h3-4,9H,5-8,23H2,1-2H3. The zero-order valence-electron chi connectivity index (χ0n) is 13.1. The summed E-state index contributed by atoms with van der Waals surface area (Å²) in [5, 5.41) is 10.8. The highest BCUT2D eigenvalue weighted by Gasteiger charge is 2.34. The maximum Gasteiger partial charge on any atom is 0.305 e. The first-order chi connectivity index (χ1) is 10.9. The molecule has 23 heavy (non-hydrogen) atoms. The van der Waals surface area contributed by atoms with E-state index in [1.165, 1.54) is 14.2 Å². The van der Waals surface area contributed by atoms with E-state index in [4.69, 9.17) is 0 Å². The maximum absolute atomic E-state index is 11.5. The molecule has 0 heterocycles. The van der Waals surface area contributed by atoms with Crippen LogP contribution in [0.1, 0.15) is 31.2 Å². The number of hydrogen-bond acceptors (Lipinski definition) is 5. The molecule has 0 N–H and O–H groups in total. The quantitative estimate of drug-likeness (QED) is 0.365. The summed E-state index contributed by atoms with van der Waals surface area (Å²) in [7, 11) is 5.26. The van der Waals surface area contributed by atoms with Gasteiger partial charge in [-0.2, -0.15) is 5.26 Å². The van der Waals surface area contributed by atoms with Crippen LogP contribution in [0.15, 0.2) is 18.2 Å². The average molecular weight is 447 g/mol. The van der Waals surface area contributed by atoms with Crippen LogP contribution in [-0.4, -0.2) is 26.2 Å². The number of halogens is 1. The van der Waals surface area contributed by atoms with Gasteiger partial charge in [0.2, 0.25) is 0 Å². The van der Waals surface area contributed by atoms with Gasteiger partial charge in [-0.15, -0.1) is 9.24 Å². The van der Waals surface area contributed by atoms with Crippen LogP contribution < -0.4 is 5.30 Å². The molecule has 0 aliphatic rings. The van der Waals surface area contributed by atoms with Gasteiger partial charge in [-0.25, -0.2) is 0 Å². The SMILES string of the molecule is COC(=O)CCC(C#N)(CCC(=O)OC)c1ccc(I)c(P)c1. The highest BCUT2D eigenvalue weighted by Crippen LogP contribution is 2.34. The molecule has 5 nitrogen and oxygen atoms in total. The van der Waals surface area contributed by atoms with Crippen molar-refractivity contribution in [2.75, 3.05) is 14.2 Å². The lowest BCUT2D eigenvalue weighted by atomic mass is 9.74. The number of nitrogens with zero attached hydrogens (tertiary/aromatic N) is 1. The molecule has 0 saturated heterocycles. The zero-order valence-corrected chi connectivity index (χ0v) is 16.4. The van der Waals surface area contributed by atoms with Gasteiger partial charge < -0.3 is 9.47 Å². The highest BCUT2D eigenvalue weighted by molar-refractivity contribution is 14.1. The number of hydrogen-bond donors (Lipinski definition) is 0. The van der Waals surface area contributed by atoms with Crippen LogP contribution in [-0.2, 0) is 24.5 Å². The number of benzene rings is 1. The molecule has 1 aromatic rings. The molecule has 0 aliphatic heterocycles. The van der Waals surface area contributed by atoms with Crippen LogP contribution in [0.25, 0.3) is 0 Å². The fourth-order valence-electron chi connectivity index (χ4n) is 2.27. The molecule has 0 aliphatic carbocycles. The Bertz CT molecular complexity index is 607. The van der Waals surface area contributed by atoms with E-state index in [1.807, 2.05) is 18.2 Å². The highest BCUT2D eigenvalue weighted by atomic mass is 127. The van der Waals surface area contributed by atoms with Gasteiger partial charge in [0, 0.05) is 16.4 Å². The summed E-state index contributed by atoms with van der Waals surface area (Å²) in [5.41, 5.74) is -0.142. The molecule has 1 atom stereocenters. The number of esters is 2. The Morgan fingerprint density at radius 3 is 2.13 bits per heavy atom. The predicted molar refractivity (Wildman–Crippen MR) is 98.3 cm³/mol. The lowest BCUT2D eigenvalue weighted by Crippen LogP contribution is -2.28. The average Bonchev–Trinajstić information content (AvgIpc) is 2.57. The normalized spacial score (nSPS) is 10.7. The third kappa shape index (κ3) is 5.43. The van der Waals surface area contributed by atoms with E-state index in [0.29, 0.717) is 0 Å². The minimum atomic E-state index is -0.933. The molecule has 1 rings (SSSR count). The van der Waals surface area contributed by atoms with Crippen molar-refractivity contribution in [1.82, 2.24) is 0 Å². The van der Waals surface area contributed by atoms with Crippen molar-refractivity contribution in [3.05, 3.63) is 27.3 Å². The van der Waals surface area contributed by atoms with Gasteiger partial charge in [0.05, 0.1) is 25.7 Å². The van der Waals surface area contributed by atoms with Crippen LogP contribution >= 0.6 is 31.8 Å². The summed E-state index contributed by atoms with van der Waals surface area (Å²) in [6.07, 6.45) is 0.808. The smallest absolute Gasteiger partial charge is 0.305 e. The summed E-state index contributed by atoms with van der Waals surface area (Å²) in [6.45, 7) is 0. The number of ether oxygens (including phenoxy) is 2. The largest absolute Gasteiger partial charge is 0.469 e. The van der Waals surface area contributed by atoms with Crippen LogP contribution in [0.2, 0.25) is 0 Å². The first-order valence-corrected chi connectivity index (χ1v) is 8.64. The summed E-state index contributed by atoms with van der Waals surface area (Å²) < 4.78 is 10.4. The van der Waals surface area contributed by atoms with E-state index in [0.717, 1.165) is 14.4 Å². The minimum absolute atomic E-state index is 0.114. The van der Waals surface area contributed by atoms with Gasteiger partial charge in [-0.1, -0.05) is 6.07 Å². The van der Waals surface area contributed by atoms with Crippen molar-refractivity contribution in [1.29, 1.82) is 5.26 Å². The minimum Gasteiger partial charge on any atom is -0.469 e. The monoisotopic (exact) mass is 447 g/mol. The van der Waals surface area contributed by atoms with Gasteiger partial charge in [-0.05, 0) is 58.4 Å². The molecule has 0 aromatic heterocycles. The molecular weight excluding hydrogens is 428 g/mol. The van der Waals surface area contributed by atoms with Crippen molar-refractivity contribution >= 4 is 49.1 Å². The number of methoxy groups -OCH3 is 2. The molecule has 0 amide bonds. The third-order valence-electron chi connectivity index (χ3n) is 3.73. The predicted octanol–water partition coefficient (Wildman–Crippen LogP) is 2.46. The summed E-state index contributed by atoms with van der Waals surface area (Å²) in [4.78, 5) is 23.0. The van der Waals surface area contributed by atoms with Crippen LogP contribution in [0.3, 0.4) is 0 Å². The van der Waals surface area contributed by atoms with Gasteiger partial charge in [-0.3, -0.25) is 9.59 Å². The van der Waals surface area contributed by atoms with Gasteiger partial charge in [0.1, 0.15) is 0 Å². The summed E-state index contributed by atoms with van der Waals surface area (Å²) in [5.74, 6) is -0.751. The molecule has 0 fully saturated rings. The Balaban J connectivity index is 3.15. The molecule has 0 saturated carbocycles. The topological polar surface area (TPSA) is 76.4 Å². The second-order valence-electron chi connectivity index (χ2n) is 5.08. The van der Waals surface area contributed by atoms with Crippen molar-refractivity contribution in [3.63, 3.8) is 0 Å². The lowest BCUT2D eigenvalue weighted by molar-refractivity contribution is -0.141. The van der Waals surface area contributed by atoms with Gasteiger partial charge in [0.25, 0.3) is 0 Å². The van der Waals surface area contributed by atoms with E-state index >= 15 is 0 Å². The second-order valence-corrected chi connectivity index (χ2v) is 6.87. The number of rotatable bonds is 7. The van der Waals surface area contributed by atoms with E-state index in [1.54, 1.807) is 0 Å². The van der Waals surface area contributed by atoms with Crippen molar-refractivity contribution < 1.29 is 19.1 Å². The van der Waals surface area contributed by atoms with E-state index in [9.17, 15) is 14.9 Å². The van der Waals surface area contributed by atoms with E-state index in [-0.39, 0.29) is 37.6 Å². The summed E-state index contributed by atoms with van der Waals surface area (Å²) >= 11 is 2.21. The second kappa shape index (κ2) is 9.19. The molecule has 7 heteroatoms. The molecule has 1 unspecified atom stereocenters. The van der Waals surface area contributed by atoms with Gasteiger partial charge >= 0.3 is 11.9 Å². The first-order valence-electron chi connectivity index (χ1n) is 6.99. The maximum atomic E-state index is 11.5. The Morgan fingerprint density at radius 2 is 1.74 bits per heavy atom. The molecule has 1 aromatic carbocycles. The van der Waals surface area contributed by atoms with Crippen molar-refractivity contribution in [2.24, 2.45) is 0 Å². The Kier molecular flexibility index (Phi) is 7.93. The molecule has 124 valence electrons. The Labute approximate surface area is 152 Å². The molecular formula is C16H19INO4P. The third-order valence-corrected chi connectivity index (χ3v) is 5.78. The molecule has 0 bridgehead atoms. The molecule has 0 spiro atoms.